The van der Waals surface area contributed by atoms with Crippen LogP contribution in [-0.4, -0.2) is 24.5 Å². The highest BCUT2D eigenvalue weighted by molar-refractivity contribution is 6.64. The van der Waals surface area contributed by atoms with Gasteiger partial charge >= 0.3 is 6.98 Å². The topological polar surface area (TPSA) is 41.5 Å². The average molecular weight is 232 g/mol. The van der Waals surface area contributed by atoms with E-state index in [1.54, 1.807) is 6.08 Å². The second-order valence-corrected chi connectivity index (χ2v) is 6.21. The van der Waals surface area contributed by atoms with Gasteiger partial charge in [0.2, 0.25) is 0 Å². The van der Waals surface area contributed by atoms with E-state index in [0.717, 1.165) is 18.3 Å². The van der Waals surface area contributed by atoms with Crippen LogP contribution in [0.4, 0.5) is 0 Å². The maximum Gasteiger partial charge on any atom is 0.390 e. The van der Waals surface area contributed by atoms with Crippen LogP contribution in [0.2, 0.25) is 0 Å². The van der Waals surface area contributed by atoms with Crippen LogP contribution in [0.15, 0.2) is 16.5 Å². The van der Waals surface area contributed by atoms with Gasteiger partial charge in [-0.2, -0.15) is 0 Å². The maximum atomic E-state index is 11.4. The first-order chi connectivity index (χ1) is 7.82. The summed E-state index contributed by atoms with van der Waals surface area (Å²) >= 11 is 0. The Bertz CT molecular complexity index is 396. The molecule has 17 heavy (non-hydrogen) atoms. The summed E-state index contributed by atoms with van der Waals surface area (Å²) < 4.78 is 0. The number of allylic oxidation sites excluding steroid dienone is 2. The van der Waals surface area contributed by atoms with E-state index in [2.05, 4.69) is 37.8 Å². The summed E-state index contributed by atoms with van der Waals surface area (Å²) in [6, 6.07) is 0. The summed E-state index contributed by atoms with van der Waals surface area (Å²) in [5.41, 5.74) is 1.16. The molecule has 4 heteroatoms. The lowest BCUT2D eigenvalue weighted by Crippen LogP contribution is -2.61. The molecule has 0 aromatic rings. The lowest BCUT2D eigenvalue weighted by Gasteiger charge is -2.45. The Morgan fingerprint density at radius 1 is 1.29 bits per heavy atom. The monoisotopic (exact) mass is 232 g/mol. The predicted molar refractivity (Wildman–Crippen MR) is 72.2 cm³/mol. The fourth-order valence-corrected chi connectivity index (χ4v) is 2.21. The van der Waals surface area contributed by atoms with Crippen molar-refractivity contribution in [1.29, 1.82) is 0 Å². The Balaban J connectivity index is 2.23. The molecule has 2 aliphatic rings. The van der Waals surface area contributed by atoms with Crippen molar-refractivity contribution in [2.45, 2.75) is 52.5 Å². The Labute approximate surface area is 104 Å². The molecule has 2 rings (SSSR count). The van der Waals surface area contributed by atoms with Crippen molar-refractivity contribution in [3.63, 3.8) is 0 Å². The molecule has 1 aliphatic carbocycles. The van der Waals surface area contributed by atoms with E-state index in [9.17, 15) is 4.79 Å². The zero-order valence-corrected chi connectivity index (χ0v) is 11.2. The first kappa shape index (κ1) is 12.6. The number of nitrogens with zero attached hydrogens (tertiary/aromatic N) is 1. The summed E-state index contributed by atoms with van der Waals surface area (Å²) in [7, 11) is 0. The van der Waals surface area contributed by atoms with Crippen LogP contribution in [0.3, 0.4) is 0 Å². The molecule has 0 bridgehead atoms. The maximum absolute atomic E-state index is 11.4. The number of nitrogens with one attached hydrogen (secondary N) is 1. The molecule has 0 spiro atoms. The standard InChI is InChI=1S/C13H21BN2O/c1-12(2)9-15-14(16-13(12,3)4)10-6-5-7-11(17)8-10/h8-9,16H,5-7H2,1-4H3. The van der Waals surface area contributed by atoms with E-state index < -0.39 is 0 Å². The van der Waals surface area contributed by atoms with Crippen LogP contribution < -0.4 is 5.23 Å². The number of carbonyl (C=O) groups is 1. The molecule has 0 radical (unpaired) electrons. The Morgan fingerprint density at radius 3 is 2.59 bits per heavy atom. The van der Waals surface area contributed by atoms with Gasteiger partial charge in [0.1, 0.15) is 0 Å². The molecular formula is C13H21BN2O. The Hall–Kier alpha value is -0.895. The van der Waals surface area contributed by atoms with Crippen LogP contribution in [0.5, 0.6) is 0 Å². The zero-order chi connectivity index (χ0) is 12.7. The minimum Gasteiger partial charge on any atom is -0.327 e. The number of hydrogen-bond donors (Lipinski definition) is 1. The average Bonchev–Trinajstić information content (AvgIpc) is 2.22. The second kappa shape index (κ2) is 4.09. The van der Waals surface area contributed by atoms with Crippen LogP contribution in [-0.2, 0) is 4.79 Å². The Morgan fingerprint density at radius 2 is 2.00 bits per heavy atom. The van der Waals surface area contributed by atoms with Gasteiger partial charge in [0, 0.05) is 17.4 Å². The lowest BCUT2D eigenvalue weighted by atomic mass is 9.58. The third-order valence-electron chi connectivity index (χ3n) is 4.24. The van der Waals surface area contributed by atoms with Crippen LogP contribution in [0.1, 0.15) is 47.0 Å². The van der Waals surface area contributed by atoms with Crippen molar-refractivity contribution >= 4 is 19.0 Å². The van der Waals surface area contributed by atoms with Crippen molar-refractivity contribution in [3.8, 4) is 0 Å². The van der Waals surface area contributed by atoms with Crippen molar-refractivity contribution in [3.05, 3.63) is 11.5 Å². The molecule has 1 aliphatic heterocycles. The molecule has 1 heterocycles. The number of ketones is 1. The minimum absolute atomic E-state index is 0.0118. The fraction of sp³-hybridized carbons (Fsp3) is 0.692. The molecule has 0 aromatic carbocycles. The highest BCUT2D eigenvalue weighted by atomic mass is 16.1. The predicted octanol–water partition coefficient (Wildman–Crippen LogP) is 2.17. The molecular weight excluding hydrogens is 211 g/mol. The summed E-state index contributed by atoms with van der Waals surface area (Å²) in [5, 5.41) is 3.55. The summed E-state index contributed by atoms with van der Waals surface area (Å²) in [5.74, 6) is 0.242. The SMILES string of the molecule is CC1(C)C=NB(C2=CC(=O)CCC2)NC1(C)C. The van der Waals surface area contributed by atoms with E-state index >= 15 is 0 Å². The van der Waals surface area contributed by atoms with E-state index in [1.807, 2.05) is 6.21 Å². The largest absolute Gasteiger partial charge is 0.390 e. The van der Waals surface area contributed by atoms with E-state index in [4.69, 9.17) is 0 Å². The summed E-state index contributed by atoms with van der Waals surface area (Å²) in [6.07, 6.45) is 6.45. The first-order valence-electron chi connectivity index (χ1n) is 6.37. The highest BCUT2D eigenvalue weighted by Gasteiger charge is 2.42. The molecule has 92 valence electrons. The van der Waals surface area contributed by atoms with Crippen LogP contribution in [0, 0.1) is 5.41 Å². The third-order valence-corrected chi connectivity index (χ3v) is 4.24. The van der Waals surface area contributed by atoms with Crippen molar-refractivity contribution in [2.24, 2.45) is 10.3 Å². The van der Waals surface area contributed by atoms with Gasteiger partial charge < -0.3 is 10.1 Å². The molecule has 0 saturated heterocycles. The zero-order valence-electron chi connectivity index (χ0n) is 11.2. The molecule has 1 N–H and O–H groups in total. The molecule has 3 nitrogen and oxygen atoms in total. The van der Waals surface area contributed by atoms with Gasteiger partial charge in [-0.1, -0.05) is 19.3 Å². The van der Waals surface area contributed by atoms with Gasteiger partial charge in [-0.05, 0) is 39.0 Å². The van der Waals surface area contributed by atoms with Gasteiger partial charge in [-0.15, -0.1) is 0 Å². The van der Waals surface area contributed by atoms with Crippen LogP contribution >= 0.6 is 0 Å². The van der Waals surface area contributed by atoms with Gasteiger partial charge in [0.05, 0.1) is 0 Å². The van der Waals surface area contributed by atoms with Crippen molar-refractivity contribution in [2.75, 3.05) is 0 Å². The molecule has 0 unspecified atom stereocenters. The van der Waals surface area contributed by atoms with Gasteiger partial charge in [0.15, 0.2) is 5.78 Å². The fourth-order valence-electron chi connectivity index (χ4n) is 2.21. The quantitative estimate of drug-likeness (QED) is 0.704. The normalized spacial score (nSPS) is 26.9. The van der Waals surface area contributed by atoms with Crippen molar-refractivity contribution in [1.82, 2.24) is 5.23 Å². The van der Waals surface area contributed by atoms with Crippen LogP contribution in [0.25, 0.3) is 0 Å². The van der Waals surface area contributed by atoms with Gasteiger partial charge in [-0.25, -0.2) is 0 Å². The molecule has 0 atom stereocenters. The summed E-state index contributed by atoms with van der Waals surface area (Å²) in [4.78, 5) is 16.0. The number of carbonyl (C=O) groups excluding carboxylic acids is 1. The lowest BCUT2D eigenvalue weighted by molar-refractivity contribution is -0.115. The van der Waals surface area contributed by atoms with E-state index in [-0.39, 0.29) is 23.7 Å². The Kier molecular flexibility index (Phi) is 3.02. The number of hydrogen-bond acceptors (Lipinski definition) is 3. The van der Waals surface area contributed by atoms with Gasteiger partial charge in [0.25, 0.3) is 0 Å². The second-order valence-electron chi connectivity index (χ2n) is 6.21. The van der Waals surface area contributed by atoms with E-state index in [1.165, 1.54) is 0 Å². The molecule has 0 amide bonds. The smallest absolute Gasteiger partial charge is 0.327 e. The van der Waals surface area contributed by atoms with Crippen molar-refractivity contribution < 1.29 is 4.79 Å². The summed E-state index contributed by atoms with van der Waals surface area (Å²) in [6.45, 7) is 8.73. The molecule has 0 aromatic heterocycles. The highest BCUT2D eigenvalue weighted by Crippen LogP contribution is 2.33. The molecule has 0 fully saturated rings. The molecule has 0 saturated carbocycles. The van der Waals surface area contributed by atoms with E-state index in [0.29, 0.717) is 6.42 Å². The van der Waals surface area contributed by atoms with Gasteiger partial charge in [-0.3, -0.25) is 4.79 Å². The number of rotatable bonds is 1. The third kappa shape index (κ3) is 2.37. The first-order valence-corrected chi connectivity index (χ1v) is 6.37. The minimum atomic E-state index is -0.0131.